The van der Waals surface area contributed by atoms with Crippen molar-refractivity contribution in [1.82, 2.24) is 10.2 Å². The number of carbonyl (C=O) groups is 2. The molecule has 0 atom stereocenters. The number of nitrogens with one attached hydrogen (secondary N) is 1. The fraction of sp³-hybridized carbons (Fsp3) is 0.333. The second-order valence-electron chi connectivity index (χ2n) is 6.24. The smallest absolute Gasteiger partial charge is 0.258 e. The summed E-state index contributed by atoms with van der Waals surface area (Å²) in [6, 6.07) is 15.1. The highest BCUT2D eigenvalue weighted by molar-refractivity contribution is 5.77. The molecule has 0 spiro atoms. The maximum Gasteiger partial charge on any atom is 0.258 e. The van der Waals surface area contributed by atoms with E-state index in [0.29, 0.717) is 25.4 Å². The first-order chi connectivity index (χ1) is 13.0. The van der Waals surface area contributed by atoms with Gasteiger partial charge in [0, 0.05) is 26.6 Å². The Labute approximate surface area is 160 Å². The van der Waals surface area contributed by atoms with Gasteiger partial charge in [-0.05, 0) is 36.8 Å². The van der Waals surface area contributed by atoms with E-state index in [9.17, 15) is 9.59 Å². The number of methoxy groups -OCH3 is 1. The second-order valence-corrected chi connectivity index (χ2v) is 6.24. The van der Waals surface area contributed by atoms with Crippen LogP contribution in [0.3, 0.4) is 0 Å². The van der Waals surface area contributed by atoms with Crippen LogP contribution in [0, 0.1) is 6.92 Å². The van der Waals surface area contributed by atoms with Crippen LogP contribution in [0.1, 0.15) is 18.1 Å². The van der Waals surface area contributed by atoms with Crippen molar-refractivity contribution >= 4 is 11.8 Å². The molecule has 6 nitrogen and oxygen atoms in total. The van der Waals surface area contributed by atoms with Crippen molar-refractivity contribution in [2.45, 2.75) is 20.4 Å². The van der Waals surface area contributed by atoms with Crippen LogP contribution in [-0.2, 0) is 16.1 Å². The standard InChI is InChI=1S/C21H26N2O4/c1-16-4-8-20(9-5-16)27-15-21(25)22-12-13-23(17(2)24)14-18-6-10-19(26-3)11-7-18/h4-11H,12-15H2,1-3H3,(H,22,25). The van der Waals surface area contributed by atoms with Crippen LogP contribution >= 0.6 is 0 Å². The number of rotatable bonds is 9. The van der Waals surface area contributed by atoms with Crippen LogP contribution in [0.2, 0.25) is 0 Å². The molecule has 144 valence electrons. The Bertz CT molecular complexity index is 742. The SMILES string of the molecule is COc1ccc(CN(CCNC(=O)COc2ccc(C)cc2)C(C)=O)cc1. The van der Waals surface area contributed by atoms with Gasteiger partial charge in [0.1, 0.15) is 11.5 Å². The lowest BCUT2D eigenvalue weighted by Crippen LogP contribution is -2.38. The predicted octanol–water partition coefficient (Wildman–Crippen LogP) is 2.55. The Morgan fingerprint density at radius 2 is 1.63 bits per heavy atom. The van der Waals surface area contributed by atoms with Gasteiger partial charge in [0.2, 0.25) is 5.91 Å². The van der Waals surface area contributed by atoms with E-state index in [2.05, 4.69) is 5.32 Å². The highest BCUT2D eigenvalue weighted by atomic mass is 16.5. The molecule has 0 aromatic heterocycles. The first kappa shape index (κ1) is 20.3. The summed E-state index contributed by atoms with van der Waals surface area (Å²) in [5.41, 5.74) is 2.13. The summed E-state index contributed by atoms with van der Waals surface area (Å²) in [5, 5.41) is 2.78. The fourth-order valence-electron chi connectivity index (χ4n) is 2.46. The number of carbonyl (C=O) groups excluding carboxylic acids is 2. The first-order valence-electron chi connectivity index (χ1n) is 8.82. The lowest BCUT2D eigenvalue weighted by Gasteiger charge is -2.21. The molecule has 0 fully saturated rings. The quantitative estimate of drug-likeness (QED) is 0.737. The summed E-state index contributed by atoms with van der Waals surface area (Å²) in [6.07, 6.45) is 0. The Morgan fingerprint density at radius 3 is 2.22 bits per heavy atom. The number of aryl methyl sites for hydroxylation is 1. The monoisotopic (exact) mass is 370 g/mol. The fourth-order valence-corrected chi connectivity index (χ4v) is 2.46. The third kappa shape index (κ3) is 7.01. The normalized spacial score (nSPS) is 10.2. The molecule has 0 radical (unpaired) electrons. The summed E-state index contributed by atoms with van der Waals surface area (Å²) in [4.78, 5) is 25.4. The maximum atomic E-state index is 11.9. The third-order valence-corrected chi connectivity index (χ3v) is 4.07. The summed E-state index contributed by atoms with van der Waals surface area (Å²) in [7, 11) is 1.61. The lowest BCUT2D eigenvalue weighted by molar-refractivity contribution is -0.130. The van der Waals surface area contributed by atoms with Gasteiger partial charge in [-0.25, -0.2) is 0 Å². The molecule has 0 heterocycles. The molecule has 0 bridgehead atoms. The van der Waals surface area contributed by atoms with E-state index in [1.807, 2.05) is 55.5 Å². The topological polar surface area (TPSA) is 67.9 Å². The summed E-state index contributed by atoms with van der Waals surface area (Å²) < 4.78 is 10.6. The minimum atomic E-state index is -0.219. The second kappa shape index (κ2) is 10.2. The van der Waals surface area contributed by atoms with Gasteiger partial charge in [0.05, 0.1) is 7.11 Å². The van der Waals surface area contributed by atoms with Crippen molar-refractivity contribution in [3.8, 4) is 11.5 Å². The molecule has 0 aliphatic heterocycles. The number of amides is 2. The number of nitrogens with zero attached hydrogens (tertiary/aromatic N) is 1. The molecule has 2 amide bonds. The molecular weight excluding hydrogens is 344 g/mol. The third-order valence-electron chi connectivity index (χ3n) is 4.07. The highest BCUT2D eigenvalue weighted by Crippen LogP contribution is 2.13. The van der Waals surface area contributed by atoms with Crippen LogP contribution in [0.4, 0.5) is 0 Å². The molecule has 2 aromatic rings. The van der Waals surface area contributed by atoms with E-state index in [1.54, 1.807) is 12.0 Å². The van der Waals surface area contributed by atoms with Crippen LogP contribution in [0.25, 0.3) is 0 Å². The van der Waals surface area contributed by atoms with Gasteiger partial charge in [-0.2, -0.15) is 0 Å². The molecule has 1 N–H and O–H groups in total. The molecule has 0 aliphatic rings. The van der Waals surface area contributed by atoms with Gasteiger partial charge in [-0.3, -0.25) is 9.59 Å². The molecule has 0 aliphatic carbocycles. The van der Waals surface area contributed by atoms with Crippen LogP contribution in [0.5, 0.6) is 11.5 Å². The van der Waals surface area contributed by atoms with Crippen molar-refractivity contribution in [3.63, 3.8) is 0 Å². The van der Waals surface area contributed by atoms with Gasteiger partial charge >= 0.3 is 0 Å². The summed E-state index contributed by atoms with van der Waals surface area (Å²) in [5.74, 6) is 1.16. The van der Waals surface area contributed by atoms with Crippen LogP contribution < -0.4 is 14.8 Å². The minimum absolute atomic E-state index is 0.0454. The van der Waals surface area contributed by atoms with Crippen LogP contribution in [0.15, 0.2) is 48.5 Å². The van der Waals surface area contributed by atoms with Crippen molar-refractivity contribution in [2.75, 3.05) is 26.8 Å². The van der Waals surface area contributed by atoms with Gasteiger partial charge in [0.15, 0.2) is 6.61 Å². The van der Waals surface area contributed by atoms with Crippen molar-refractivity contribution in [3.05, 3.63) is 59.7 Å². The minimum Gasteiger partial charge on any atom is -0.497 e. The van der Waals surface area contributed by atoms with E-state index in [0.717, 1.165) is 16.9 Å². The van der Waals surface area contributed by atoms with E-state index >= 15 is 0 Å². The molecule has 2 rings (SSSR count). The van der Waals surface area contributed by atoms with E-state index < -0.39 is 0 Å². The number of hydrogen-bond acceptors (Lipinski definition) is 4. The Hall–Kier alpha value is -3.02. The van der Waals surface area contributed by atoms with Crippen molar-refractivity contribution < 1.29 is 19.1 Å². The lowest BCUT2D eigenvalue weighted by atomic mass is 10.2. The zero-order valence-electron chi connectivity index (χ0n) is 16.0. The van der Waals surface area contributed by atoms with Crippen LogP contribution in [-0.4, -0.2) is 43.5 Å². The van der Waals surface area contributed by atoms with E-state index in [-0.39, 0.29) is 18.4 Å². The zero-order chi connectivity index (χ0) is 19.6. The average Bonchev–Trinajstić information content (AvgIpc) is 2.67. The van der Waals surface area contributed by atoms with Gasteiger partial charge in [0.25, 0.3) is 5.91 Å². The molecule has 0 saturated heterocycles. The molecule has 27 heavy (non-hydrogen) atoms. The molecule has 0 unspecified atom stereocenters. The Balaban J connectivity index is 1.75. The van der Waals surface area contributed by atoms with E-state index in [4.69, 9.17) is 9.47 Å². The van der Waals surface area contributed by atoms with Gasteiger partial charge < -0.3 is 19.7 Å². The molecule has 6 heteroatoms. The first-order valence-corrected chi connectivity index (χ1v) is 8.82. The number of hydrogen-bond donors (Lipinski definition) is 1. The number of ether oxygens (including phenoxy) is 2. The molecule has 2 aromatic carbocycles. The van der Waals surface area contributed by atoms with Gasteiger partial charge in [-0.15, -0.1) is 0 Å². The number of benzene rings is 2. The van der Waals surface area contributed by atoms with Gasteiger partial charge in [-0.1, -0.05) is 29.8 Å². The summed E-state index contributed by atoms with van der Waals surface area (Å²) >= 11 is 0. The molecule has 0 saturated carbocycles. The zero-order valence-corrected chi connectivity index (χ0v) is 16.0. The Morgan fingerprint density at radius 1 is 1.00 bits per heavy atom. The summed E-state index contributed by atoms with van der Waals surface area (Å²) in [6.45, 7) is 4.73. The van der Waals surface area contributed by atoms with Crippen molar-refractivity contribution in [2.24, 2.45) is 0 Å². The van der Waals surface area contributed by atoms with Crippen molar-refractivity contribution in [1.29, 1.82) is 0 Å². The van der Waals surface area contributed by atoms with E-state index in [1.165, 1.54) is 6.92 Å². The average molecular weight is 370 g/mol. The predicted molar refractivity (Wildman–Crippen MR) is 104 cm³/mol. The largest absolute Gasteiger partial charge is 0.497 e. The Kier molecular flexibility index (Phi) is 7.67. The highest BCUT2D eigenvalue weighted by Gasteiger charge is 2.10. The molecular formula is C21H26N2O4. The maximum absolute atomic E-state index is 11.9.